The van der Waals surface area contributed by atoms with Crippen LogP contribution in [-0.4, -0.2) is 78.4 Å². The second-order valence-corrected chi connectivity index (χ2v) is 10.2. The van der Waals surface area contributed by atoms with Crippen molar-refractivity contribution in [2.24, 2.45) is 5.92 Å². The van der Waals surface area contributed by atoms with Crippen LogP contribution in [0.2, 0.25) is 0 Å². The molecule has 0 radical (unpaired) electrons. The molecular formula is C28H36N4O3. The van der Waals surface area contributed by atoms with E-state index in [1.54, 1.807) is 24.3 Å². The van der Waals surface area contributed by atoms with Gasteiger partial charge >= 0.3 is 0 Å². The van der Waals surface area contributed by atoms with Gasteiger partial charge in [-0.15, -0.1) is 0 Å². The largest absolute Gasteiger partial charge is 0.492 e. The lowest BCUT2D eigenvalue weighted by molar-refractivity contribution is -0.114. The molecule has 0 spiro atoms. The highest BCUT2D eigenvalue weighted by Gasteiger charge is 2.37. The van der Waals surface area contributed by atoms with Gasteiger partial charge in [0, 0.05) is 70.0 Å². The highest BCUT2D eigenvalue weighted by molar-refractivity contribution is 5.95. The number of fused-ring (bicyclic) bond motifs is 2. The molecule has 2 amide bonds. The zero-order valence-electron chi connectivity index (χ0n) is 20.6. The van der Waals surface area contributed by atoms with Gasteiger partial charge in [-0.3, -0.25) is 19.4 Å². The van der Waals surface area contributed by atoms with Crippen LogP contribution in [-0.2, 0) is 11.3 Å². The fourth-order valence-corrected chi connectivity index (χ4v) is 5.74. The number of nitrogens with one attached hydrogen (secondary N) is 1. The van der Waals surface area contributed by atoms with Crippen LogP contribution in [0.4, 0.5) is 5.69 Å². The standard InChI is InChI=1S/C28H36N4O3/c1-21(33)29-25-8-6-24(7-9-25)28(34)31-13-11-30(12-14-31)15-16-35-27-4-2-3-22(18-27)19-32-20-23-5-10-26(32)17-23/h2-4,6-9,18,23,26H,5,10-17,19-20H2,1H3,(H,29,33). The normalized spacial score (nSPS) is 22.4. The number of benzene rings is 2. The maximum Gasteiger partial charge on any atom is 0.253 e. The van der Waals surface area contributed by atoms with E-state index in [-0.39, 0.29) is 11.8 Å². The molecule has 186 valence electrons. The van der Waals surface area contributed by atoms with E-state index in [4.69, 9.17) is 4.74 Å². The van der Waals surface area contributed by atoms with Gasteiger partial charge in [0.05, 0.1) is 0 Å². The Balaban J connectivity index is 1.03. The van der Waals surface area contributed by atoms with Crippen LogP contribution in [0.15, 0.2) is 48.5 Å². The fourth-order valence-electron chi connectivity index (χ4n) is 5.74. The summed E-state index contributed by atoms with van der Waals surface area (Å²) in [7, 11) is 0. The number of hydrogen-bond donors (Lipinski definition) is 1. The number of carbonyl (C=O) groups excluding carboxylic acids is 2. The third kappa shape index (κ3) is 6.03. The number of ether oxygens (including phenoxy) is 1. The van der Waals surface area contributed by atoms with E-state index < -0.39 is 0 Å². The lowest BCUT2D eigenvalue weighted by Gasteiger charge is -2.34. The van der Waals surface area contributed by atoms with Crippen LogP contribution in [0.3, 0.4) is 0 Å². The monoisotopic (exact) mass is 476 g/mol. The third-order valence-corrected chi connectivity index (χ3v) is 7.59. The summed E-state index contributed by atoms with van der Waals surface area (Å²) < 4.78 is 6.09. The number of amides is 2. The second kappa shape index (κ2) is 10.8. The molecular weight excluding hydrogens is 440 g/mol. The Hall–Kier alpha value is -2.90. The molecule has 7 nitrogen and oxygen atoms in total. The number of rotatable bonds is 8. The minimum absolute atomic E-state index is 0.0401. The topological polar surface area (TPSA) is 65.1 Å². The van der Waals surface area contributed by atoms with Gasteiger partial charge in [0.15, 0.2) is 0 Å². The van der Waals surface area contributed by atoms with E-state index in [9.17, 15) is 9.59 Å². The predicted molar refractivity (Wildman–Crippen MR) is 137 cm³/mol. The summed E-state index contributed by atoms with van der Waals surface area (Å²) in [6.45, 7) is 8.37. The summed E-state index contributed by atoms with van der Waals surface area (Å²) in [5, 5.41) is 2.73. The number of carbonyl (C=O) groups is 2. The molecule has 3 aliphatic rings. The molecule has 2 aromatic carbocycles. The highest BCUT2D eigenvalue weighted by atomic mass is 16.5. The average molecular weight is 477 g/mol. The smallest absolute Gasteiger partial charge is 0.253 e. The summed E-state index contributed by atoms with van der Waals surface area (Å²) in [6.07, 6.45) is 4.17. The number of nitrogens with zero attached hydrogens (tertiary/aromatic N) is 3. The van der Waals surface area contributed by atoms with Crippen LogP contribution < -0.4 is 10.1 Å². The summed E-state index contributed by atoms with van der Waals surface area (Å²) >= 11 is 0. The minimum Gasteiger partial charge on any atom is -0.492 e. The maximum absolute atomic E-state index is 12.8. The average Bonchev–Trinajstić information content (AvgIpc) is 3.48. The molecule has 2 aliphatic heterocycles. The molecule has 3 fully saturated rings. The number of hydrogen-bond acceptors (Lipinski definition) is 5. The van der Waals surface area contributed by atoms with Gasteiger partial charge in [0.25, 0.3) is 5.91 Å². The van der Waals surface area contributed by atoms with E-state index in [2.05, 4.69) is 33.3 Å². The zero-order valence-corrected chi connectivity index (χ0v) is 20.6. The van der Waals surface area contributed by atoms with Crippen LogP contribution in [0, 0.1) is 5.92 Å². The molecule has 2 saturated heterocycles. The van der Waals surface area contributed by atoms with Crippen molar-refractivity contribution < 1.29 is 14.3 Å². The molecule has 35 heavy (non-hydrogen) atoms. The Kier molecular flexibility index (Phi) is 7.35. The molecule has 5 rings (SSSR count). The van der Waals surface area contributed by atoms with Crippen LogP contribution in [0.25, 0.3) is 0 Å². The van der Waals surface area contributed by atoms with Crippen molar-refractivity contribution >= 4 is 17.5 Å². The van der Waals surface area contributed by atoms with Gasteiger partial charge in [-0.05, 0) is 67.1 Å². The van der Waals surface area contributed by atoms with Crippen molar-refractivity contribution in [3.05, 3.63) is 59.7 Å². The van der Waals surface area contributed by atoms with Crippen molar-refractivity contribution in [3.63, 3.8) is 0 Å². The molecule has 1 aliphatic carbocycles. The van der Waals surface area contributed by atoms with E-state index >= 15 is 0 Å². The lowest BCUT2D eigenvalue weighted by atomic mass is 10.1. The van der Waals surface area contributed by atoms with Crippen molar-refractivity contribution in [3.8, 4) is 5.75 Å². The van der Waals surface area contributed by atoms with E-state index in [0.29, 0.717) is 30.9 Å². The summed E-state index contributed by atoms with van der Waals surface area (Å²) in [5.41, 5.74) is 2.69. The summed E-state index contributed by atoms with van der Waals surface area (Å²) in [6, 6.07) is 16.4. The molecule has 2 aromatic rings. The first kappa shape index (κ1) is 23.8. The van der Waals surface area contributed by atoms with Gasteiger partial charge < -0.3 is 15.0 Å². The minimum atomic E-state index is -0.120. The van der Waals surface area contributed by atoms with Gasteiger partial charge in [-0.2, -0.15) is 0 Å². The molecule has 7 heteroatoms. The molecule has 0 aromatic heterocycles. The number of likely N-dealkylation sites (tertiary alicyclic amines) is 1. The third-order valence-electron chi connectivity index (χ3n) is 7.59. The first-order valence-electron chi connectivity index (χ1n) is 12.9. The highest BCUT2D eigenvalue weighted by Crippen LogP contribution is 2.38. The Bertz CT molecular complexity index is 1030. The Morgan fingerprint density at radius 1 is 1.03 bits per heavy atom. The molecule has 1 N–H and O–H groups in total. The van der Waals surface area contributed by atoms with E-state index in [0.717, 1.165) is 43.9 Å². The van der Waals surface area contributed by atoms with Gasteiger partial charge in [-0.1, -0.05) is 12.1 Å². The first-order chi connectivity index (χ1) is 17.0. The van der Waals surface area contributed by atoms with Crippen molar-refractivity contribution in [2.45, 2.75) is 38.8 Å². The SMILES string of the molecule is CC(=O)Nc1ccc(C(=O)N2CCN(CCOc3cccc(CN4CC5CCC4C5)c3)CC2)cc1. The molecule has 2 bridgehead atoms. The number of piperidine rings is 1. The molecule has 2 heterocycles. The summed E-state index contributed by atoms with van der Waals surface area (Å²) in [5.74, 6) is 1.79. The second-order valence-electron chi connectivity index (χ2n) is 10.2. The lowest BCUT2D eigenvalue weighted by Crippen LogP contribution is -2.49. The quantitative estimate of drug-likeness (QED) is 0.632. The van der Waals surface area contributed by atoms with Crippen LogP contribution in [0.5, 0.6) is 5.75 Å². The van der Waals surface area contributed by atoms with E-state index in [1.807, 2.05) is 11.0 Å². The predicted octanol–water partition coefficient (Wildman–Crippen LogP) is 3.47. The van der Waals surface area contributed by atoms with Crippen molar-refractivity contribution in [1.29, 1.82) is 0 Å². The van der Waals surface area contributed by atoms with Gasteiger partial charge in [0.2, 0.25) is 5.91 Å². The number of piperazine rings is 1. The fraction of sp³-hybridized carbons (Fsp3) is 0.500. The Labute approximate surface area is 208 Å². The Morgan fingerprint density at radius 3 is 2.51 bits per heavy atom. The van der Waals surface area contributed by atoms with Crippen molar-refractivity contribution in [1.82, 2.24) is 14.7 Å². The first-order valence-corrected chi connectivity index (χ1v) is 12.9. The van der Waals surface area contributed by atoms with Crippen molar-refractivity contribution in [2.75, 3.05) is 51.2 Å². The van der Waals surface area contributed by atoms with E-state index in [1.165, 1.54) is 38.3 Å². The van der Waals surface area contributed by atoms with Gasteiger partial charge in [0.1, 0.15) is 12.4 Å². The summed E-state index contributed by atoms with van der Waals surface area (Å²) in [4.78, 5) is 30.9. The molecule has 1 saturated carbocycles. The van der Waals surface area contributed by atoms with Gasteiger partial charge in [-0.25, -0.2) is 0 Å². The van der Waals surface area contributed by atoms with Crippen LogP contribution in [0.1, 0.15) is 42.1 Å². The number of anilines is 1. The molecule has 2 unspecified atom stereocenters. The Morgan fingerprint density at radius 2 is 1.83 bits per heavy atom. The molecule has 2 atom stereocenters. The van der Waals surface area contributed by atoms with Crippen LogP contribution >= 0.6 is 0 Å². The maximum atomic E-state index is 12.8. The zero-order chi connectivity index (χ0) is 24.2.